The molecule has 2 aromatic rings. The number of nitrogens with zero attached hydrogens (tertiary/aromatic N) is 3. The molecular weight excluding hydrogens is 332 g/mol. The Morgan fingerprint density at radius 3 is 2.79 bits per heavy atom. The standard InChI is InChI=1S/C15H16N4O4S/c1-22-11-4-3-10(6-12(11)23-2)19-7-9(5-13(19)20)14(21)17-15-18-16-8-24-15/h3-4,6,8-9H,5,7H2,1-2H3,(H,17,18,21)/t9-/m0/s1. The van der Waals surface area contributed by atoms with E-state index in [4.69, 9.17) is 9.47 Å². The molecule has 0 spiro atoms. The lowest BCUT2D eigenvalue weighted by atomic mass is 10.1. The van der Waals surface area contributed by atoms with Crippen LogP contribution in [0.4, 0.5) is 10.8 Å². The van der Waals surface area contributed by atoms with Crippen LogP contribution < -0.4 is 19.7 Å². The van der Waals surface area contributed by atoms with Gasteiger partial charge in [0.25, 0.3) is 0 Å². The molecule has 0 unspecified atom stereocenters. The normalized spacial score (nSPS) is 17.0. The number of nitrogens with one attached hydrogen (secondary N) is 1. The van der Waals surface area contributed by atoms with Crippen molar-refractivity contribution >= 4 is 34.0 Å². The fraction of sp³-hybridized carbons (Fsp3) is 0.333. The van der Waals surface area contributed by atoms with E-state index in [1.54, 1.807) is 30.2 Å². The van der Waals surface area contributed by atoms with Gasteiger partial charge in [-0.3, -0.25) is 9.59 Å². The lowest BCUT2D eigenvalue weighted by molar-refractivity contribution is -0.122. The number of hydrogen-bond donors (Lipinski definition) is 1. The van der Waals surface area contributed by atoms with Crippen molar-refractivity contribution in [3.8, 4) is 11.5 Å². The van der Waals surface area contributed by atoms with Crippen LogP contribution in [0.5, 0.6) is 11.5 Å². The van der Waals surface area contributed by atoms with Crippen LogP contribution in [0.15, 0.2) is 23.7 Å². The van der Waals surface area contributed by atoms with Crippen LogP contribution >= 0.6 is 11.3 Å². The maximum atomic E-state index is 12.3. The number of aromatic nitrogens is 2. The maximum Gasteiger partial charge on any atom is 0.231 e. The van der Waals surface area contributed by atoms with E-state index in [2.05, 4.69) is 15.5 Å². The SMILES string of the molecule is COc1ccc(N2C[C@@H](C(=O)Nc3nncs3)CC2=O)cc1OC. The predicted octanol–water partition coefficient (Wildman–Crippen LogP) is 1.55. The van der Waals surface area contributed by atoms with Gasteiger partial charge in [-0.15, -0.1) is 10.2 Å². The summed E-state index contributed by atoms with van der Waals surface area (Å²) in [6.07, 6.45) is 0.152. The number of methoxy groups -OCH3 is 2. The van der Waals surface area contributed by atoms with E-state index in [0.29, 0.717) is 28.9 Å². The van der Waals surface area contributed by atoms with Crippen LogP contribution in [0, 0.1) is 5.92 Å². The smallest absolute Gasteiger partial charge is 0.231 e. The average molecular weight is 348 g/mol. The Morgan fingerprint density at radius 2 is 2.12 bits per heavy atom. The molecule has 0 aliphatic carbocycles. The van der Waals surface area contributed by atoms with Crippen LogP contribution in [0.25, 0.3) is 0 Å². The zero-order valence-corrected chi connectivity index (χ0v) is 14.0. The van der Waals surface area contributed by atoms with Crippen LogP contribution in [-0.4, -0.2) is 42.8 Å². The van der Waals surface area contributed by atoms with Crippen molar-refractivity contribution in [3.63, 3.8) is 0 Å². The minimum Gasteiger partial charge on any atom is -0.493 e. The van der Waals surface area contributed by atoms with Crippen LogP contribution in [0.3, 0.4) is 0 Å². The van der Waals surface area contributed by atoms with Gasteiger partial charge in [-0.1, -0.05) is 11.3 Å². The molecule has 1 fully saturated rings. The van der Waals surface area contributed by atoms with E-state index in [1.807, 2.05) is 0 Å². The van der Waals surface area contributed by atoms with Crippen LogP contribution in [-0.2, 0) is 9.59 Å². The summed E-state index contributed by atoms with van der Waals surface area (Å²) in [6.45, 7) is 0.305. The van der Waals surface area contributed by atoms with E-state index < -0.39 is 5.92 Å². The summed E-state index contributed by atoms with van der Waals surface area (Å²) in [5.74, 6) is 0.334. The Balaban J connectivity index is 1.74. The van der Waals surface area contributed by atoms with E-state index in [9.17, 15) is 9.59 Å². The van der Waals surface area contributed by atoms with Gasteiger partial charge in [0.15, 0.2) is 11.5 Å². The first kappa shape index (κ1) is 16.2. The molecule has 1 aliphatic heterocycles. The molecule has 1 aromatic carbocycles. The predicted molar refractivity (Wildman–Crippen MR) is 88.5 cm³/mol. The van der Waals surface area contributed by atoms with Gasteiger partial charge in [0.05, 0.1) is 20.1 Å². The lowest BCUT2D eigenvalue weighted by Gasteiger charge is -2.18. The molecule has 2 amide bonds. The fourth-order valence-electron chi connectivity index (χ4n) is 2.56. The zero-order valence-electron chi connectivity index (χ0n) is 13.2. The number of benzene rings is 1. The fourth-order valence-corrected chi connectivity index (χ4v) is 3.01. The Kier molecular flexibility index (Phi) is 4.61. The second-order valence-corrected chi connectivity index (χ2v) is 6.01. The molecule has 8 nitrogen and oxygen atoms in total. The average Bonchev–Trinajstić information content (AvgIpc) is 3.23. The maximum absolute atomic E-state index is 12.3. The van der Waals surface area contributed by atoms with Gasteiger partial charge in [-0.2, -0.15) is 0 Å². The number of hydrogen-bond acceptors (Lipinski definition) is 7. The first-order valence-electron chi connectivity index (χ1n) is 7.21. The lowest BCUT2D eigenvalue weighted by Crippen LogP contribution is -2.28. The van der Waals surface area contributed by atoms with Crippen molar-refractivity contribution in [2.24, 2.45) is 5.92 Å². The minimum absolute atomic E-state index is 0.111. The van der Waals surface area contributed by atoms with Crippen molar-refractivity contribution in [2.45, 2.75) is 6.42 Å². The molecule has 9 heteroatoms. The Hall–Kier alpha value is -2.68. The van der Waals surface area contributed by atoms with Gasteiger partial charge in [-0.05, 0) is 12.1 Å². The number of anilines is 2. The molecule has 0 radical (unpaired) electrons. The van der Waals surface area contributed by atoms with E-state index >= 15 is 0 Å². The molecule has 1 atom stereocenters. The second-order valence-electron chi connectivity index (χ2n) is 5.18. The highest BCUT2D eigenvalue weighted by atomic mass is 32.1. The Labute approximate surface area is 142 Å². The molecule has 24 heavy (non-hydrogen) atoms. The number of amides is 2. The molecule has 1 saturated heterocycles. The van der Waals surface area contributed by atoms with E-state index in [0.717, 1.165) is 0 Å². The highest BCUT2D eigenvalue weighted by Gasteiger charge is 2.35. The molecule has 1 N–H and O–H groups in total. The Morgan fingerprint density at radius 1 is 1.33 bits per heavy atom. The van der Waals surface area contributed by atoms with Crippen molar-refractivity contribution in [3.05, 3.63) is 23.7 Å². The number of carbonyl (C=O) groups is 2. The van der Waals surface area contributed by atoms with Crippen LogP contribution in [0.1, 0.15) is 6.42 Å². The molecule has 126 valence electrons. The summed E-state index contributed by atoms with van der Waals surface area (Å²) in [5, 5.41) is 10.5. The third-order valence-electron chi connectivity index (χ3n) is 3.76. The van der Waals surface area contributed by atoms with Crippen molar-refractivity contribution in [1.82, 2.24) is 10.2 Å². The summed E-state index contributed by atoms with van der Waals surface area (Å²) >= 11 is 1.23. The summed E-state index contributed by atoms with van der Waals surface area (Å²) in [7, 11) is 3.08. The number of rotatable bonds is 5. The van der Waals surface area contributed by atoms with Gasteiger partial charge in [0.2, 0.25) is 16.9 Å². The number of carbonyl (C=O) groups excluding carboxylic acids is 2. The van der Waals surface area contributed by atoms with Crippen molar-refractivity contribution in [2.75, 3.05) is 31.0 Å². The molecule has 2 heterocycles. The molecule has 0 bridgehead atoms. The van der Waals surface area contributed by atoms with Crippen LogP contribution in [0.2, 0.25) is 0 Å². The second kappa shape index (κ2) is 6.83. The minimum atomic E-state index is -0.436. The highest BCUT2D eigenvalue weighted by molar-refractivity contribution is 7.13. The van der Waals surface area contributed by atoms with E-state index in [-0.39, 0.29) is 18.2 Å². The van der Waals surface area contributed by atoms with Gasteiger partial charge in [-0.25, -0.2) is 0 Å². The van der Waals surface area contributed by atoms with E-state index in [1.165, 1.54) is 24.0 Å². The molecule has 1 aromatic heterocycles. The first-order chi connectivity index (χ1) is 11.6. The van der Waals surface area contributed by atoms with Gasteiger partial charge in [0, 0.05) is 24.7 Å². The topological polar surface area (TPSA) is 93.6 Å². The summed E-state index contributed by atoms with van der Waals surface area (Å²) in [5.41, 5.74) is 2.20. The summed E-state index contributed by atoms with van der Waals surface area (Å²) in [6, 6.07) is 5.22. The first-order valence-corrected chi connectivity index (χ1v) is 8.09. The third kappa shape index (κ3) is 3.16. The third-order valence-corrected chi connectivity index (χ3v) is 4.37. The van der Waals surface area contributed by atoms with Crippen molar-refractivity contribution in [1.29, 1.82) is 0 Å². The quantitative estimate of drug-likeness (QED) is 0.881. The number of ether oxygens (including phenoxy) is 2. The van der Waals surface area contributed by atoms with Gasteiger partial charge >= 0.3 is 0 Å². The van der Waals surface area contributed by atoms with Crippen molar-refractivity contribution < 1.29 is 19.1 Å². The molecular formula is C15H16N4O4S. The van der Waals surface area contributed by atoms with Gasteiger partial charge in [0.1, 0.15) is 5.51 Å². The largest absolute Gasteiger partial charge is 0.493 e. The Bertz CT molecular complexity index is 750. The molecule has 0 saturated carbocycles. The molecule has 3 rings (SSSR count). The summed E-state index contributed by atoms with van der Waals surface area (Å²) < 4.78 is 10.5. The zero-order chi connectivity index (χ0) is 17.1. The molecule has 1 aliphatic rings. The van der Waals surface area contributed by atoms with Gasteiger partial charge < -0.3 is 19.7 Å². The summed E-state index contributed by atoms with van der Waals surface area (Å²) in [4.78, 5) is 26.1. The highest BCUT2D eigenvalue weighted by Crippen LogP contribution is 2.34. The monoisotopic (exact) mass is 348 g/mol.